The molecule has 1 heterocycles. The number of fused-ring (bicyclic) bond motifs is 1. The zero-order valence-electron chi connectivity index (χ0n) is 19.1. The van der Waals surface area contributed by atoms with Crippen LogP contribution in [0.3, 0.4) is 0 Å². The van der Waals surface area contributed by atoms with E-state index in [9.17, 15) is 0 Å². The van der Waals surface area contributed by atoms with Crippen LogP contribution >= 0.6 is 0 Å². The Kier molecular flexibility index (Phi) is 6.28. The molecule has 1 aromatic heterocycles. The van der Waals surface area contributed by atoms with Gasteiger partial charge >= 0.3 is 0 Å². The van der Waals surface area contributed by atoms with Crippen molar-refractivity contribution in [2.75, 3.05) is 19.5 Å². The molecule has 2 aliphatic carbocycles. The van der Waals surface area contributed by atoms with Crippen LogP contribution in [0.25, 0.3) is 11.3 Å². The third kappa shape index (κ3) is 3.92. The lowest BCUT2D eigenvalue weighted by Crippen LogP contribution is -2.27. The van der Waals surface area contributed by atoms with Gasteiger partial charge < -0.3 is 15.4 Å². The van der Waals surface area contributed by atoms with Crippen LogP contribution in [0.15, 0.2) is 12.1 Å². The summed E-state index contributed by atoms with van der Waals surface area (Å²) >= 11 is 0. The number of rotatable bonds is 9. The van der Waals surface area contributed by atoms with E-state index in [0.29, 0.717) is 18.0 Å². The lowest BCUT2D eigenvalue weighted by atomic mass is 10.0. The van der Waals surface area contributed by atoms with Gasteiger partial charge in [-0.1, -0.05) is 20.8 Å². The second-order valence-corrected chi connectivity index (χ2v) is 8.65. The highest BCUT2D eigenvalue weighted by Crippen LogP contribution is 2.39. The average molecular weight is 409 g/mol. The summed E-state index contributed by atoms with van der Waals surface area (Å²) in [5.41, 5.74) is 7.02. The van der Waals surface area contributed by atoms with Gasteiger partial charge in [0.25, 0.3) is 0 Å². The van der Waals surface area contributed by atoms with E-state index in [-0.39, 0.29) is 0 Å². The molecule has 0 amide bonds. The first-order valence-corrected chi connectivity index (χ1v) is 11.7. The van der Waals surface area contributed by atoms with Gasteiger partial charge in [-0.25, -0.2) is 9.97 Å². The molecule has 5 heteroatoms. The molecular weight excluding hydrogens is 372 g/mol. The van der Waals surface area contributed by atoms with Gasteiger partial charge in [-0.15, -0.1) is 0 Å². The Balaban J connectivity index is 1.72. The molecule has 1 fully saturated rings. The normalized spacial score (nSPS) is 20.7. The van der Waals surface area contributed by atoms with Gasteiger partial charge in [0, 0.05) is 17.6 Å². The van der Waals surface area contributed by atoms with Crippen molar-refractivity contribution in [3.63, 3.8) is 0 Å². The van der Waals surface area contributed by atoms with Gasteiger partial charge in [0.05, 0.1) is 24.2 Å². The van der Waals surface area contributed by atoms with Crippen molar-refractivity contribution in [1.82, 2.24) is 15.3 Å². The summed E-state index contributed by atoms with van der Waals surface area (Å²) in [7, 11) is 3.82. The maximum atomic E-state index is 5.78. The monoisotopic (exact) mass is 408 g/mol. The highest BCUT2D eigenvalue weighted by Gasteiger charge is 2.41. The summed E-state index contributed by atoms with van der Waals surface area (Å²) in [6.07, 6.45) is 7.56. The number of hydrogen-bond acceptors (Lipinski definition) is 5. The van der Waals surface area contributed by atoms with Crippen molar-refractivity contribution in [1.29, 1.82) is 0 Å². The maximum Gasteiger partial charge on any atom is 0.148 e. The van der Waals surface area contributed by atoms with Crippen LogP contribution in [0, 0.1) is 5.92 Å². The minimum Gasteiger partial charge on any atom is -0.496 e. The van der Waals surface area contributed by atoms with Gasteiger partial charge in [-0.05, 0) is 81.2 Å². The summed E-state index contributed by atoms with van der Waals surface area (Å²) < 4.78 is 5.78. The molecule has 4 rings (SSSR count). The number of aryl methyl sites for hydroxylation is 4. The van der Waals surface area contributed by atoms with Crippen molar-refractivity contribution in [3.8, 4) is 17.0 Å². The standard InChI is InChI=1S/C25H36N4O/c1-6-19(17-14-22(17)26-4)28-25-21(8-3)27-24(20(7-2)29-25)18-12-15-10-9-11-16(15)13-23(18)30-5/h12-13,17,19,22,26H,6-11,14H2,1-5H3,(H,28,29). The predicted octanol–water partition coefficient (Wildman–Crippen LogP) is 4.56. The SMILES string of the molecule is CCc1nc(-c2cc3c(cc2OC)CCC3)c(CC)nc1NC(CC)C1CC1NC. The summed E-state index contributed by atoms with van der Waals surface area (Å²) in [5.74, 6) is 2.56. The molecule has 2 aliphatic rings. The zero-order chi connectivity index (χ0) is 21.3. The Bertz CT molecular complexity index is 911. The van der Waals surface area contributed by atoms with E-state index in [2.05, 4.69) is 50.6 Å². The van der Waals surface area contributed by atoms with E-state index >= 15 is 0 Å². The molecular formula is C25H36N4O. The highest BCUT2D eigenvalue weighted by molar-refractivity contribution is 5.72. The fraction of sp³-hybridized carbons (Fsp3) is 0.600. The Labute approximate surface area is 181 Å². The third-order valence-corrected chi connectivity index (χ3v) is 6.87. The van der Waals surface area contributed by atoms with E-state index in [1.165, 1.54) is 24.0 Å². The smallest absolute Gasteiger partial charge is 0.148 e. The number of aromatic nitrogens is 2. The molecule has 162 valence electrons. The van der Waals surface area contributed by atoms with Gasteiger partial charge in [-0.2, -0.15) is 0 Å². The van der Waals surface area contributed by atoms with Crippen molar-refractivity contribution < 1.29 is 4.74 Å². The fourth-order valence-electron chi connectivity index (χ4n) is 4.96. The van der Waals surface area contributed by atoms with E-state index in [1.54, 1.807) is 7.11 Å². The third-order valence-electron chi connectivity index (χ3n) is 6.87. The summed E-state index contributed by atoms with van der Waals surface area (Å²) in [6, 6.07) is 5.58. The van der Waals surface area contributed by atoms with E-state index in [0.717, 1.165) is 66.3 Å². The van der Waals surface area contributed by atoms with Gasteiger partial charge in [0.1, 0.15) is 11.6 Å². The predicted molar refractivity (Wildman–Crippen MR) is 123 cm³/mol. The number of nitrogens with zero attached hydrogens (tertiary/aromatic N) is 2. The second kappa shape index (κ2) is 8.93. The van der Waals surface area contributed by atoms with Crippen LogP contribution in [0.5, 0.6) is 5.75 Å². The zero-order valence-corrected chi connectivity index (χ0v) is 19.1. The summed E-state index contributed by atoms with van der Waals surface area (Å²) in [5, 5.41) is 7.17. The maximum absolute atomic E-state index is 5.78. The molecule has 1 aromatic carbocycles. The van der Waals surface area contributed by atoms with Crippen LogP contribution in [-0.2, 0) is 25.7 Å². The van der Waals surface area contributed by atoms with Crippen molar-refractivity contribution in [3.05, 3.63) is 34.6 Å². The molecule has 2 aromatic rings. The molecule has 0 radical (unpaired) electrons. The first-order chi connectivity index (χ1) is 14.6. The molecule has 1 saturated carbocycles. The number of methoxy groups -OCH3 is 1. The Morgan fingerprint density at radius 3 is 2.40 bits per heavy atom. The Morgan fingerprint density at radius 1 is 1.07 bits per heavy atom. The molecule has 0 spiro atoms. The molecule has 5 nitrogen and oxygen atoms in total. The molecule has 0 saturated heterocycles. The first-order valence-electron chi connectivity index (χ1n) is 11.7. The quantitative estimate of drug-likeness (QED) is 0.637. The lowest BCUT2D eigenvalue weighted by molar-refractivity contribution is 0.415. The van der Waals surface area contributed by atoms with Gasteiger partial charge in [0.15, 0.2) is 0 Å². The molecule has 0 aliphatic heterocycles. The minimum absolute atomic E-state index is 0.437. The number of nitrogens with one attached hydrogen (secondary N) is 2. The van der Waals surface area contributed by atoms with Crippen LogP contribution < -0.4 is 15.4 Å². The summed E-state index contributed by atoms with van der Waals surface area (Å²) in [6.45, 7) is 6.59. The van der Waals surface area contributed by atoms with Gasteiger partial charge in [0.2, 0.25) is 0 Å². The highest BCUT2D eigenvalue weighted by atomic mass is 16.5. The number of anilines is 1. The number of ether oxygens (including phenoxy) is 1. The van der Waals surface area contributed by atoms with E-state index < -0.39 is 0 Å². The van der Waals surface area contributed by atoms with Crippen molar-refractivity contribution in [2.24, 2.45) is 5.92 Å². The van der Waals surface area contributed by atoms with E-state index in [4.69, 9.17) is 14.7 Å². The Morgan fingerprint density at radius 2 is 1.80 bits per heavy atom. The first kappa shape index (κ1) is 21.1. The van der Waals surface area contributed by atoms with Crippen LogP contribution in [-0.4, -0.2) is 36.2 Å². The lowest BCUT2D eigenvalue weighted by Gasteiger charge is -2.22. The van der Waals surface area contributed by atoms with Gasteiger partial charge in [-0.3, -0.25) is 0 Å². The topological polar surface area (TPSA) is 59.1 Å². The van der Waals surface area contributed by atoms with E-state index in [1.807, 2.05) is 0 Å². The van der Waals surface area contributed by atoms with Crippen molar-refractivity contribution >= 4 is 5.82 Å². The summed E-state index contributed by atoms with van der Waals surface area (Å²) in [4.78, 5) is 10.3. The molecule has 30 heavy (non-hydrogen) atoms. The largest absolute Gasteiger partial charge is 0.496 e. The Hall–Kier alpha value is -2.14. The minimum atomic E-state index is 0.437. The number of benzene rings is 1. The molecule has 3 atom stereocenters. The fourth-order valence-corrected chi connectivity index (χ4v) is 4.96. The molecule has 3 unspecified atom stereocenters. The van der Waals surface area contributed by atoms with Crippen LogP contribution in [0.4, 0.5) is 5.82 Å². The number of hydrogen-bond donors (Lipinski definition) is 2. The average Bonchev–Trinajstić information content (AvgIpc) is 3.43. The molecule has 2 N–H and O–H groups in total. The van der Waals surface area contributed by atoms with Crippen LogP contribution in [0.1, 0.15) is 62.5 Å². The molecule has 0 bridgehead atoms. The van der Waals surface area contributed by atoms with Crippen LogP contribution in [0.2, 0.25) is 0 Å². The van der Waals surface area contributed by atoms with Crippen molar-refractivity contribution in [2.45, 2.75) is 77.8 Å². The second-order valence-electron chi connectivity index (χ2n) is 8.65.